The van der Waals surface area contributed by atoms with Gasteiger partial charge >= 0.3 is 0 Å². The summed E-state index contributed by atoms with van der Waals surface area (Å²) in [6.07, 6.45) is 0.682. The van der Waals surface area contributed by atoms with Crippen LogP contribution >= 0.6 is 0 Å². The van der Waals surface area contributed by atoms with E-state index in [2.05, 4.69) is 5.32 Å². The molecule has 0 aromatic carbocycles. The van der Waals surface area contributed by atoms with Gasteiger partial charge < -0.3 is 15.0 Å². The molecule has 0 aromatic heterocycles. The molecule has 1 atom stereocenters. The Kier molecular flexibility index (Phi) is 5.35. The molecule has 0 aliphatic carbocycles. The van der Waals surface area contributed by atoms with Crippen molar-refractivity contribution in [3.63, 3.8) is 0 Å². The molecule has 1 aliphatic heterocycles. The standard InChI is InChI=1S/C14H26N2O3/c1-10(2)8-11-13(18)16(9-12(17)15-11)6-7-19-14(3,4)5/h10-11H,6-9H2,1-5H3,(H,15,17). The Balaban J connectivity index is 2.52. The minimum Gasteiger partial charge on any atom is -0.374 e. The van der Waals surface area contributed by atoms with Gasteiger partial charge in [0.1, 0.15) is 6.04 Å². The predicted molar refractivity (Wildman–Crippen MR) is 73.7 cm³/mol. The second kappa shape index (κ2) is 6.37. The van der Waals surface area contributed by atoms with Gasteiger partial charge in [0.15, 0.2) is 0 Å². The van der Waals surface area contributed by atoms with Crippen molar-refractivity contribution in [3.8, 4) is 0 Å². The summed E-state index contributed by atoms with van der Waals surface area (Å²) in [4.78, 5) is 25.4. The second-order valence-corrected chi connectivity index (χ2v) is 6.47. The van der Waals surface area contributed by atoms with Crippen molar-refractivity contribution in [2.75, 3.05) is 19.7 Å². The maximum Gasteiger partial charge on any atom is 0.245 e. The van der Waals surface area contributed by atoms with Gasteiger partial charge in [-0.15, -0.1) is 0 Å². The zero-order valence-electron chi connectivity index (χ0n) is 12.7. The van der Waals surface area contributed by atoms with Crippen LogP contribution in [0.5, 0.6) is 0 Å². The summed E-state index contributed by atoms with van der Waals surface area (Å²) in [7, 11) is 0. The largest absolute Gasteiger partial charge is 0.374 e. The van der Waals surface area contributed by atoms with Gasteiger partial charge in [-0.05, 0) is 33.1 Å². The highest BCUT2D eigenvalue weighted by Gasteiger charge is 2.32. The van der Waals surface area contributed by atoms with E-state index in [0.717, 1.165) is 0 Å². The fourth-order valence-electron chi connectivity index (χ4n) is 2.06. The van der Waals surface area contributed by atoms with E-state index in [1.165, 1.54) is 0 Å². The van der Waals surface area contributed by atoms with Crippen molar-refractivity contribution in [2.45, 2.75) is 52.7 Å². The lowest BCUT2D eigenvalue weighted by atomic mass is 10.0. The number of nitrogens with one attached hydrogen (secondary N) is 1. The average Bonchev–Trinajstić information content (AvgIpc) is 2.22. The molecule has 1 rings (SSSR count). The van der Waals surface area contributed by atoms with E-state index in [1.807, 2.05) is 34.6 Å². The molecule has 2 amide bonds. The average molecular weight is 270 g/mol. The molecule has 0 saturated carbocycles. The molecule has 1 aliphatic rings. The Bertz CT molecular complexity index is 334. The van der Waals surface area contributed by atoms with Gasteiger partial charge in [0.2, 0.25) is 11.8 Å². The van der Waals surface area contributed by atoms with Crippen LogP contribution in [0, 0.1) is 5.92 Å². The smallest absolute Gasteiger partial charge is 0.245 e. The number of nitrogens with zero attached hydrogens (tertiary/aromatic N) is 1. The number of carbonyl (C=O) groups excluding carboxylic acids is 2. The monoisotopic (exact) mass is 270 g/mol. The van der Waals surface area contributed by atoms with E-state index in [9.17, 15) is 9.59 Å². The van der Waals surface area contributed by atoms with Gasteiger partial charge in [0, 0.05) is 6.54 Å². The quantitative estimate of drug-likeness (QED) is 0.816. The Morgan fingerprint density at radius 3 is 2.53 bits per heavy atom. The van der Waals surface area contributed by atoms with Crippen molar-refractivity contribution >= 4 is 11.8 Å². The first-order valence-corrected chi connectivity index (χ1v) is 6.91. The predicted octanol–water partition coefficient (Wildman–Crippen LogP) is 1.17. The number of ether oxygens (including phenoxy) is 1. The van der Waals surface area contributed by atoms with Crippen LogP contribution in [0.2, 0.25) is 0 Å². The normalized spacial score (nSPS) is 20.9. The van der Waals surface area contributed by atoms with Crippen molar-refractivity contribution < 1.29 is 14.3 Å². The van der Waals surface area contributed by atoms with E-state index < -0.39 is 0 Å². The van der Waals surface area contributed by atoms with Crippen LogP contribution in [0.25, 0.3) is 0 Å². The summed E-state index contributed by atoms with van der Waals surface area (Å²) >= 11 is 0. The second-order valence-electron chi connectivity index (χ2n) is 6.47. The number of rotatable bonds is 5. The van der Waals surface area contributed by atoms with Crippen LogP contribution in [0.4, 0.5) is 0 Å². The third kappa shape index (κ3) is 5.59. The highest BCUT2D eigenvalue weighted by atomic mass is 16.5. The molecule has 1 saturated heterocycles. The van der Waals surface area contributed by atoms with Gasteiger partial charge in [0.05, 0.1) is 18.8 Å². The summed E-state index contributed by atoms with van der Waals surface area (Å²) in [5.41, 5.74) is -0.224. The van der Waals surface area contributed by atoms with E-state index in [-0.39, 0.29) is 30.0 Å². The molecule has 110 valence electrons. The molecule has 0 bridgehead atoms. The zero-order chi connectivity index (χ0) is 14.6. The topological polar surface area (TPSA) is 58.6 Å². The van der Waals surface area contributed by atoms with Crippen molar-refractivity contribution in [1.82, 2.24) is 10.2 Å². The molecule has 0 aromatic rings. The molecule has 19 heavy (non-hydrogen) atoms. The Morgan fingerprint density at radius 1 is 1.37 bits per heavy atom. The number of hydrogen-bond donors (Lipinski definition) is 1. The summed E-state index contributed by atoms with van der Waals surface area (Å²) in [5, 5.41) is 2.76. The highest BCUT2D eigenvalue weighted by Crippen LogP contribution is 2.12. The molecule has 0 spiro atoms. The van der Waals surface area contributed by atoms with Gasteiger partial charge in [-0.1, -0.05) is 13.8 Å². The third-order valence-corrected chi connectivity index (χ3v) is 2.88. The van der Waals surface area contributed by atoms with Crippen LogP contribution in [0.3, 0.4) is 0 Å². The van der Waals surface area contributed by atoms with Gasteiger partial charge in [0.25, 0.3) is 0 Å². The summed E-state index contributed by atoms with van der Waals surface area (Å²) < 4.78 is 5.61. The molecule has 5 nitrogen and oxygen atoms in total. The minimum absolute atomic E-state index is 0.00538. The number of piperazine rings is 1. The van der Waals surface area contributed by atoms with E-state index in [4.69, 9.17) is 4.74 Å². The SMILES string of the molecule is CC(C)CC1NC(=O)CN(CCOC(C)(C)C)C1=O. The first kappa shape index (κ1) is 16.0. The Labute approximate surface area is 115 Å². The lowest BCUT2D eigenvalue weighted by molar-refractivity contribution is -0.146. The van der Waals surface area contributed by atoms with Crippen molar-refractivity contribution in [3.05, 3.63) is 0 Å². The highest BCUT2D eigenvalue weighted by molar-refractivity contribution is 5.94. The van der Waals surface area contributed by atoms with Crippen molar-refractivity contribution in [1.29, 1.82) is 0 Å². The minimum atomic E-state index is -0.379. The molecule has 5 heteroatoms. The Morgan fingerprint density at radius 2 is 2.00 bits per heavy atom. The van der Waals surface area contributed by atoms with E-state index in [1.54, 1.807) is 4.90 Å². The van der Waals surface area contributed by atoms with E-state index in [0.29, 0.717) is 25.5 Å². The van der Waals surface area contributed by atoms with Crippen LogP contribution < -0.4 is 5.32 Å². The molecule has 1 fully saturated rings. The fourth-order valence-corrected chi connectivity index (χ4v) is 2.06. The molecular formula is C14H26N2O3. The maximum absolute atomic E-state index is 12.2. The molecular weight excluding hydrogens is 244 g/mol. The molecule has 1 N–H and O–H groups in total. The number of carbonyl (C=O) groups is 2. The summed E-state index contributed by atoms with van der Waals surface area (Å²) in [5.74, 6) is 0.298. The fraction of sp³-hybridized carbons (Fsp3) is 0.857. The zero-order valence-corrected chi connectivity index (χ0v) is 12.7. The van der Waals surface area contributed by atoms with Crippen LogP contribution in [-0.4, -0.2) is 48.1 Å². The lowest BCUT2D eigenvalue weighted by Gasteiger charge is -2.33. The van der Waals surface area contributed by atoms with Crippen molar-refractivity contribution in [2.24, 2.45) is 5.92 Å². The summed E-state index contributed by atoms with van der Waals surface area (Å²) in [6, 6.07) is -0.379. The van der Waals surface area contributed by atoms with Crippen LogP contribution in [-0.2, 0) is 14.3 Å². The molecule has 1 unspecified atom stereocenters. The van der Waals surface area contributed by atoms with Gasteiger partial charge in [-0.25, -0.2) is 0 Å². The first-order valence-electron chi connectivity index (χ1n) is 6.91. The maximum atomic E-state index is 12.2. The number of hydrogen-bond acceptors (Lipinski definition) is 3. The van der Waals surface area contributed by atoms with Gasteiger partial charge in [-0.3, -0.25) is 9.59 Å². The Hall–Kier alpha value is -1.10. The summed E-state index contributed by atoms with van der Waals surface area (Å²) in [6.45, 7) is 11.1. The van der Waals surface area contributed by atoms with Gasteiger partial charge in [-0.2, -0.15) is 0 Å². The third-order valence-electron chi connectivity index (χ3n) is 2.88. The van der Waals surface area contributed by atoms with E-state index >= 15 is 0 Å². The lowest BCUT2D eigenvalue weighted by Crippen LogP contribution is -2.58. The molecule has 0 radical (unpaired) electrons. The van der Waals surface area contributed by atoms with Crippen LogP contribution in [0.15, 0.2) is 0 Å². The molecule has 1 heterocycles. The first-order chi connectivity index (χ1) is 8.69. The number of amides is 2. The van der Waals surface area contributed by atoms with Crippen LogP contribution in [0.1, 0.15) is 41.0 Å².